The fourth-order valence-electron chi connectivity index (χ4n) is 3.00. The smallest absolute Gasteiger partial charge is 0.338 e. The van der Waals surface area contributed by atoms with E-state index in [0.29, 0.717) is 5.56 Å². The largest absolute Gasteiger partial charge is 0.459 e. The van der Waals surface area contributed by atoms with Gasteiger partial charge in [-0.1, -0.05) is 18.2 Å². The topological polar surface area (TPSA) is 74.2 Å². The zero-order chi connectivity index (χ0) is 17.3. The molecule has 2 fully saturated rings. The molecule has 1 N–H and O–H groups in total. The SMILES string of the molecule is CS[C@@H]1O[C@H](COC(=O)c2ccccc2)[C@@H]2OC(C)(C)O[C@@H]2[C@H]1O. The van der Waals surface area contributed by atoms with E-state index in [-0.39, 0.29) is 6.61 Å². The summed E-state index contributed by atoms with van der Waals surface area (Å²) in [6.07, 6.45) is -0.436. The second-order valence-electron chi connectivity index (χ2n) is 6.30. The molecule has 3 rings (SSSR count). The van der Waals surface area contributed by atoms with Gasteiger partial charge in [0.1, 0.15) is 36.5 Å². The van der Waals surface area contributed by atoms with Gasteiger partial charge in [-0.3, -0.25) is 0 Å². The van der Waals surface area contributed by atoms with Gasteiger partial charge in [0.05, 0.1) is 5.56 Å². The van der Waals surface area contributed by atoms with E-state index >= 15 is 0 Å². The fraction of sp³-hybridized carbons (Fsp3) is 0.588. The molecule has 2 aliphatic heterocycles. The molecule has 1 aromatic carbocycles. The third kappa shape index (κ3) is 3.60. The Bertz CT molecular complexity index is 578. The van der Waals surface area contributed by atoms with Crippen LogP contribution in [0.25, 0.3) is 0 Å². The van der Waals surface area contributed by atoms with Crippen LogP contribution in [0.5, 0.6) is 0 Å². The number of esters is 1. The van der Waals surface area contributed by atoms with Gasteiger partial charge in [-0.15, -0.1) is 11.8 Å². The number of carbonyl (C=O) groups excluding carboxylic acids is 1. The molecule has 0 unspecified atom stereocenters. The highest BCUT2D eigenvalue weighted by molar-refractivity contribution is 7.99. The second kappa shape index (κ2) is 7.01. The van der Waals surface area contributed by atoms with Crippen molar-refractivity contribution in [3.8, 4) is 0 Å². The van der Waals surface area contributed by atoms with Crippen molar-refractivity contribution in [2.24, 2.45) is 0 Å². The lowest BCUT2D eigenvalue weighted by Crippen LogP contribution is -2.56. The number of fused-ring (bicyclic) bond motifs is 1. The van der Waals surface area contributed by atoms with Gasteiger partial charge in [0, 0.05) is 0 Å². The molecule has 0 spiro atoms. The summed E-state index contributed by atoms with van der Waals surface area (Å²) in [5.41, 5.74) is 0.0272. The van der Waals surface area contributed by atoms with Gasteiger partial charge >= 0.3 is 5.97 Å². The maximum absolute atomic E-state index is 12.1. The Morgan fingerprint density at radius 2 is 1.92 bits per heavy atom. The first kappa shape index (κ1) is 17.7. The lowest BCUT2D eigenvalue weighted by molar-refractivity contribution is -0.168. The highest BCUT2D eigenvalue weighted by Gasteiger charge is 2.54. The molecule has 0 aliphatic carbocycles. The Hall–Kier alpha value is -1.12. The van der Waals surface area contributed by atoms with Crippen molar-refractivity contribution in [3.05, 3.63) is 35.9 Å². The monoisotopic (exact) mass is 354 g/mol. The number of hydrogen-bond acceptors (Lipinski definition) is 7. The van der Waals surface area contributed by atoms with E-state index in [2.05, 4.69) is 0 Å². The summed E-state index contributed by atoms with van der Waals surface area (Å²) in [6, 6.07) is 8.78. The van der Waals surface area contributed by atoms with Crippen LogP contribution >= 0.6 is 11.8 Å². The third-order valence-corrected chi connectivity index (χ3v) is 4.93. The molecule has 0 aromatic heterocycles. The second-order valence-corrected chi connectivity index (χ2v) is 7.23. The van der Waals surface area contributed by atoms with Gasteiger partial charge in [0.2, 0.25) is 0 Å². The zero-order valence-corrected chi connectivity index (χ0v) is 14.7. The van der Waals surface area contributed by atoms with Crippen LogP contribution in [-0.4, -0.2) is 59.6 Å². The van der Waals surface area contributed by atoms with Crippen molar-refractivity contribution in [3.63, 3.8) is 0 Å². The molecule has 6 nitrogen and oxygen atoms in total. The van der Waals surface area contributed by atoms with Crippen LogP contribution in [0.1, 0.15) is 24.2 Å². The van der Waals surface area contributed by atoms with Gasteiger partial charge in [0.25, 0.3) is 0 Å². The average molecular weight is 354 g/mol. The van der Waals surface area contributed by atoms with Gasteiger partial charge in [0.15, 0.2) is 5.79 Å². The van der Waals surface area contributed by atoms with Crippen LogP contribution in [0.4, 0.5) is 0 Å². The Morgan fingerprint density at radius 1 is 1.25 bits per heavy atom. The van der Waals surface area contributed by atoms with Crippen LogP contribution in [-0.2, 0) is 18.9 Å². The van der Waals surface area contributed by atoms with Crippen LogP contribution in [0.3, 0.4) is 0 Å². The minimum atomic E-state index is -0.811. The van der Waals surface area contributed by atoms with Crippen molar-refractivity contribution < 1.29 is 28.8 Å². The average Bonchev–Trinajstić information content (AvgIpc) is 2.91. The molecular formula is C17H22O6S. The van der Waals surface area contributed by atoms with E-state index in [1.165, 1.54) is 11.8 Å². The first-order chi connectivity index (χ1) is 11.4. The first-order valence-corrected chi connectivity index (χ1v) is 9.14. The standard InChI is InChI=1S/C17H22O6S/c1-17(2)22-13-11(21-16(24-3)12(18)14(13)23-17)9-20-15(19)10-7-5-4-6-8-10/h4-8,11-14,16,18H,9H2,1-3H3/t11-,12-,13+,14-,16+/m1/s1. The Morgan fingerprint density at radius 3 is 2.58 bits per heavy atom. The molecule has 0 radical (unpaired) electrons. The highest BCUT2D eigenvalue weighted by Crippen LogP contribution is 2.39. The molecule has 0 amide bonds. The van der Waals surface area contributed by atoms with Gasteiger partial charge in [-0.25, -0.2) is 4.79 Å². The summed E-state index contributed by atoms with van der Waals surface area (Å²) in [4.78, 5) is 12.1. The van der Waals surface area contributed by atoms with E-state index in [1.807, 2.05) is 12.3 Å². The number of ether oxygens (including phenoxy) is 4. The van der Waals surface area contributed by atoms with Crippen molar-refractivity contribution in [1.82, 2.24) is 0 Å². The van der Waals surface area contributed by atoms with Crippen molar-refractivity contribution in [1.29, 1.82) is 0 Å². The van der Waals surface area contributed by atoms with Gasteiger partial charge in [-0.05, 0) is 32.2 Å². The number of thioether (sulfide) groups is 1. The number of hydrogen-bond donors (Lipinski definition) is 1. The number of rotatable bonds is 4. The Kier molecular flexibility index (Phi) is 5.17. The van der Waals surface area contributed by atoms with Crippen LogP contribution in [0, 0.1) is 0 Å². The third-order valence-electron chi connectivity index (χ3n) is 4.07. The summed E-state index contributed by atoms with van der Waals surface area (Å²) in [6.45, 7) is 3.62. The Labute approximate surface area is 145 Å². The molecular weight excluding hydrogens is 332 g/mol. The lowest BCUT2D eigenvalue weighted by Gasteiger charge is -2.39. The summed E-state index contributed by atoms with van der Waals surface area (Å²) in [7, 11) is 0. The number of carbonyl (C=O) groups is 1. The Balaban J connectivity index is 1.68. The molecule has 2 saturated heterocycles. The first-order valence-electron chi connectivity index (χ1n) is 7.85. The van der Waals surface area contributed by atoms with E-state index in [0.717, 1.165) is 0 Å². The minimum absolute atomic E-state index is 0.0398. The number of aliphatic hydroxyl groups excluding tert-OH is 1. The normalized spacial score (nSPS) is 34.6. The zero-order valence-electron chi connectivity index (χ0n) is 13.9. The van der Waals surface area contributed by atoms with Crippen LogP contribution in [0.2, 0.25) is 0 Å². The molecule has 2 heterocycles. The number of aliphatic hydroxyl groups is 1. The summed E-state index contributed by atoms with van der Waals surface area (Å²) < 4.78 is 22.9. The minimum Gasteiger partial charge on any atom is -0.459 e. The van der Waals surface area contributed by atoms with Crippen LogP contribution in [0.15, 0.2) is 30.3 Å². The maximum atomic E-state index is 12.1. The van der Waals surface area contributed by atoms with E-state index < -0.39 is 41.6 Å². The molecule has 5 atom stereocenters. The molecule has 24 heavy (non-hydrogen) atoms. The van der Waals surface area contributed by atoms with E-state index in [4.69, 9.17) is 18.9 Å². The summed E-state index contributed by atoms with van der Waals surface area (Å²) >= 11 is 1.39. The quantitative estimate of drug-likeness (QED) is 0.827. The van der Waals surface area contributed by atoms with Crippen LogP contribution < -0.4 is 0 Å². The molecule has 0 bridgehead atoms. The summed E-state index contributed by atoms with van der Waals surface area (Å²) in [5.74, 6) is -1.23. The summed E-state index contributed by atoms with van der Waals surface area (Å²) in [5, 5.41) is 10.4. The van der Waals surface area contributed by atoms with E-state index in [1.54, 1.807) is 38.1 Å². The van der Waals surface area contributed by atoms with Gasteiger partial charge < -0.3 is 24.1 Å². The fourth-order valence-corrected chi connectivity index (χ4v) is 3.69. The lowest BCUT2D eigenvalue weighted by atomic mass is 10.0. The van der Waals surface area contributed by atoms with Crippen molar-refractivity contribution >= 4 is 17.7 Å². The van der Waals surface area contributed by atoms with Gasteiger partial charge in [-0.2, -0.15) is 0 Å². The molecule has 2 aliphatic rings. The van der Waals surface area contributed by atoms with Crippen molar-refractivity contribution in [2.45, 2.75) is 49.5 Å². The van der Waals surface area contributed by atoms with E-state index in [9.17, 15) is 9.90 Å². The predicted octanol–water partition coefficient (Wildman–Crippen LogP) is 1.81. The predicted molar refractivity (Wildman–Crippen MR) is 88.7 cm³/mol. The highest BCUT2D eigenvalue weighted by atomic mass is 32.2. The molecule has 0 saturated carbocycles. The maximum Gasteiger partial charge on any atom is 0.338 e. The molecule has 7 heteroatoms. The van der Waals surface area contributed by atoms with Crippen molar-refractivity contribution in [2.75, 3.05) is 12.9 Å². The number of benzene rings is 1. The molecule has 1 aromatic rings. The molecule has 132 valence electrons.